The number of ketones is 1. The van der Waals surface area contributed by atoms with Crippen molar-refractivity contribution < 1.29 is 14.3 Å². The van der Waals surface area contributed by atoms with Crippen LogP contribution in [0.15, 0.2) is 78.9 Å². The molecule has 1 heterocycles. The molecule has 0 N–H and O–H groups in total. The van der Waals surface area contributed by atoms with Crippen LogP contribution in [0.25, 0.3) is 0 Å². The van der Waals surface area contributed by atoms with E-state index in [1.165, 1.54) is 0 Å². The van der Waals surface area contributed by atoms with Crippen LogP contribution in [0.2, 0.25) is 0 Å². The van der Waals surface area contributed by atoms with Crippen molar-refractivity contribution >= 4 is 5.78 Å². The van der Waals surface area contributed by atoms with Gasteiger partial charge in [-0.05, 0) is 25.1 Å². The van der Waals surface area contributed by atoms with Crippen LogP contribution in [0.5, 0.6) is 11.5 Å². The zero-order chi connectivity index (χ0) is 16.6. The number of fused-ring (bicyclic) bond motifs is 1. The third-order valence-corrected chi connectivity index (χ3v) is 4.17. The highest BCUT2D eigenvalue weighted by molar-refractivity contribution is 5.94. The van der Waals surface area contributed by atoms with Crippen molar-refractivity contribution in [3.05, 3.63) is 95.6 Å². The van der Waals surface area contributed by atoms with E-state index in [-0.39, 0.29) is 5.78 Å². The summed E-state index contributed by atoms with van der Waals surface area (Å²) in [5.41, 5.74) is 2.41. The Kier molecular flexibility index (Phi) is 3.35. The van der Waals surface area contributed by atoms with E-state index < -0.39 is 5.79 Å². The molecule has 3 aromatic rings. The molecule has 1 aliphatic heterocycles. The number of ether oxygens (including phenoxy) is 2. The van der Waals surface area contributed by atoms with Gasteiger partial charge in [-0.3, -0.25) is 4.79 Å². The van der Waals surface area contributed by atoms with Crippen LogP contribution < -0.4 is 9.47 Å². The van der Waals surface area contributed by atoms with Crippen molar-refractivity contribution in [2.45, 2.75) is 12.7 Å². The van der Waals surface area contributed by atoms with Gasteiger partial charge in [0, 0.05) is 16.7 Å². The molecule has 0 bridgehead atoms. The van der Waals surface area contributed by atoms with Gasteiger partial charge in [0.05, 0.1) is 0 Å². The van der Waals surface area contributed by atoms with Gasteiger partial charge < -0.3 is 9.47 Å². The number of hydrogen-bond donors (Lipinski definition) is 0. The van der Waals surface area contributed by atoms with E-state index >= 15 is 0 Å². The molecular formula is C21H16O3. The maximum atomic E-state index is 11.7. The molecule has 1 aliphatic rings. The Hall–Kier alpha value is -3.07. The molecule has 0 unspecified atom stereocenters. The molecule has 3 aromatic carbocycles. The van der Waals surface area contributed by atoms with Crippen LogP contribution in [0.3, 0.4) is 0 Å². The highest BCUT2D eigenvalue weighted by atomic mass is 16.7. The summed E-state index contributed by atoms with van der Waals surface area (Å²) in [4.78, 5) is 11.7. The number of carbonyl (C=O) groups excluding carboxylic acids is 1. The molecule has 0 aromatic heterocycles. The molecule has 3 heteroatoms. The average Bonchev–Trinajstić information content (AvgIpc) is 3.03. The second kappa shape index (κ2) is 5.53. The fraction of sp³-hybridized carbons (Fsp3) is 0.0952. The van der Waals surface area contributed by atoms with Crippen molar-refractivity contribution in [2.24, 2.45) is 0 Å². The second-order valence-electron chi connectivity index (χ2n) is 5.77. The Labute approximate surface area is 140 Å². The third kappa shape index (κ3) is 2.26. The minimum atomic E-state index is -1.04. The maximum Gasteiger partial charge on any atom is 0.305 e. The van der Waals surface area contributed by atoms with Crippen LogP contribution in [0.4, 0.5) is 0 Å². The summed E-state index contributed by atoms with van der Waals surface area (Å²) in [6.07, 6.45) is 0. The topological polar surface area (TPSA) is 35.5 Å². The fourth-order valence-corrected chi connectivity index (χ4v) is 2.94. The molecule has 0 saturated carbocycles. The van der Waals surface area contributed by atoms with Crippen molar-refractivity contribution in [2.75, 3.05) is 0 Å². The van der Waals surface area contributed by atoms with E-state index in [0.717, 1.165) is 11.1 Å². The highest BCUT2D eigenvalue weighted by Crippen LogP contribution is 2.47. The minimum Gasteiger partial charge on any atom is -0.440 e. The SMILES string of the molecule is CC(=O)c1ccc2c(c1)OC(c1ccccc1)(c1ccccc1)O2. The van der Waals surface area contributed by atoms with Gasteiger partial charge in [-0.1, -0.05) is 60.7 Å². The summed E-state index contributed by atoms with van der Waals surface area (Å²) in [7, 11) is 0. The lowest BCUT2D eigenvalue weighted by Gasteiger charge is -2.28. The first-order valence-corrected chi connectivity index (χ1v) is 7.83. The largest absolute Gasteiger partial charge is 0.440 e. The molecule has 0 amide bonds. The van der Waals surface area contributed by atoms with E-state index in [0.29, 0.717) is 17.1 Å². The van der Waals surface area contributed by atoms with E-state index in [4.69, 9.17) is 9.47 Å². The molecular weight excluding hydrogens is 300 g/mol. The summed E-state index contributed by atoms with van der Waals surface area (Å²) >= 11 is 0. The van der Waals surface area contributed by atoms with Gasteiger partial charge in [-0.25, -0.2) is 0 Å². The minimum absolute atomic E-state index is 0.00155. The number of hydrogen-bond acceptors (Lipinski definition) is 3. The van der Waals surface area contributed by atoms with Crippen molar-refractivity contribution in [3.8, 4) is 11.5 Å². The molecule has 4 rings (SSSR count). The van der Waals surface area contributed by atoms with Gasteiger partial charge in [-0.2, -0.15) is 0 Å². The Bertz CT molecular complexity index is 846. The zero-order valence-corrected chi connectivity index (χ0v) is 13.2. The van der Waals surface area contributed by atoms with Crippen molar-refractivity contribution in [1.82, 2.24) is 0 Å². The number of carbonyl (C=O) groups is 1. The molecule has 0 spiro atoms. The summed E-state index contributed by atoms with van der Waals surface area (Å²) in [6, 6.07) is 24.9. The molecule has 0 saturated heterocycles. The Morgan fingerprint density at radius 3 is 1.83 bits per heavy atom. The molecule has 24 heavy (non-hydrogen) atoms. The first-order chi connectivity index (χ1) is 11.7. The zero-order valence-electron chi connectivity index (χ0n) is 13.2. The number of rotatable bonds is 3. The predicted molar refractivity (Wildman–Crippen MR) is 91.4 cm³/mol. The maximum absolute atomic E-state index is 11.7. The fourth-order valence-electron chi connectivity index (χ4n) is 2.94. The molecule has 3 nitrogen and oxygen atoms in total. The van der Waals surface area contributed by atoms with E-state index in [2.05, 4.69) is 0 Å². The summed E-state index contributed by atoms with van der Waals surface area (Å²) in [5, 5.41) is 0. The Balaban J connectivity index is 1.87. The Morgan fingerprint density at radius 2 is 1.29 bits per heavy atom. The van der Waals surface area contributed by atoms with Gasteiger partial charge in [0.1, 0.15) is 0 Å². The quantitative estimate of drug-likeness (QED) is 0.664. The van der Waals surface area contributed by atoms with E-state index in [1.807, 2.05) is 60.7 Å². The summed E-state index contributed by atoms with van der Waals surface area (Å²) < 4.78 is 12.6. The number of Topliss-reactive ketones (excluding diaryl/α,β-unsaturated/α-hetero) is 1. The Morgan fingerprint density at radius 1 is 0.750 bits per heavy atom. The summed E-state index contributed by atoms with van der Waals surface area (Å²) in [6.45, 7) is 1.54. The standard InChI is InChI=1S/C21H16O3/c1-15(22)16-12-13-19-20(14-16)24-21(23-19,17-8-4-2-5-9-17)18-10-6-3-7-11-18/h2-14H,1H3. The van der Waals surface area contributed by atoms with Crippen LogP contribution in [0, 0.1) is 0 Å². The number of benzene rings is 3. The monoisotopic (exact) mass is 316 g/mol. The normalized spacial score (nSPS) is 14.4. The van der Waals surface area contributed by atoms with Crippen LogP contribution in [-0.2, 0) is 5.79 Å². The molecule has 0 aliphatic carbocycles. The average molecular weight is 316 g/mol. The lowest BCUT2D eigenvalue weighted by atomic mass is 9.97. The molecule has 118 valence electrons. The van der Waals surface area contributed by atoms with Gasteiger partial charge in [-0.15, -0.1) is 0 Å². The van der Waals surface area contributed by atoms with E-state index in [1.54, 1.807) is 25.1 Å². The van der Waals surface area contributed by atoms with Gasteiger partial charge >= 0.3 is 5.79 Å². The predicted octanol–water partition coefficient (Wildman–Crippen LogP) is 4.56. The van der Waals surface area contributed by atoms with Crippen LogP contribution >= 0.6 is 0 Å². The molecule has 0 fully saturated rings. The molecule has 0 radical (unpaired) electrons. The van der Waals surface area contributed by atoms with Gasteiger partial charge in [0.2, 0.25) is 0 Å². The third-order valence-electron chi connectivity index (χ3n) is 4.17. The molecule has 0 atom stereocenters. The first-order valence-electron chi connectivity index (χ1n) is 7.83. The van der Waals surface area contributed by atoms with E-state index in [9.17, 15) is 4.79 Å². The van der Waals surface area contributed by atoms with Crippen LogP contribution in [0.1, 0.15) is 28.4 Å². The highest BCUT2D eigenvalue weighted by Gasteiger charge is 2.45. The van der Waals surface area contributed by atoms with Crippen molar-refractivity contribution in [3.63, 3.8) is 0 Å². The first kappa shape index (κ1) is 14.5. The van der Waals surface area contributed by atoms with Crippen LogP contribution in [-0.4, -0.2) is 5.78 Å². The smallest absolute Gasteiger partial charge is 0.305 e. The van der Waals surface area contributed by atoms with Gasteiger partial charge in [0.25, 0.3) is 0 Å². The van der Waals surface area contributed by atoms with Gasteiger partial charge in [0.15, 0.2) is 17.3 Å². The lowest BCUT2D eigenvalue weighted by molar-refractivity contribution is -0.0459. The summed E-state index contributed by atoms with van der Waals surface area (Å²) in [5.74, 6) is 0.168. The second-order valence-corrected chi connectivity index (χ2v) is 5.77. The lowest BCUT2D eigenvalue weighted by Crippen LogP contribution is -2.36. The van der Waals surface area contributed by atoms with Crippen molar-refractivity contribution in [1.29, 1.82) is 0 Å².